The number of para-hydroxylation sites is 1. The van der Waals surface area contributed by atoms with Crippen molar-refractivity contribution < 1.29 is 9.94 Å². The van der Waals surface area contributed by atoms with Crippen LogP contribution < -0.4 is 10.5 Å². The van der Waals surface area contributed by atoms with E-state index in [9.17, 15) is 0 Å². The first-order valence-electron chi connectivity index (χ1n) is 5.14. The molecular weight excluding hydrogens is 272 g/mol. The van der Waals surface area contributed by atoms with Gasteiger partial charge in [-0.1, -0.05) is 28.9 Å². The van der Waals surface area contributed by atoms with Crippen LogP contribution in [-0.4, -0.2) is 11.0 Å². The Labute approximate surface area is 113 Å². The number of nitrogens with zero attached hydrogens (tertiary/aromatic N) is 1. The first-order chi connectivity index (χ1) is 8.70. The maximum Gasteiger partial charge on any atom is 0.173 e. The summed E-state index contributed by atoms with van der Waals surface area (Å²) in [5.41, 5.74) is 6.13. The van der Waals surface area contributed by atoms with Crippen LogP contribution in [0.1, 0.15) is 10.4 Å². The van der Waals surface area contributed by atoms with Gasteiger partial charge in [0.15, 0.2) is 5.84 Å². The second-order valence-corrected chi connectivity index (χ2v) is 5.28. The number of thiophene rings is 1. The Bertz CT molecular complexity index is 569. The largest absolute Gasteiger partial charge is 0.487 e. The zero-order chi connectivity index (χ0) is 13.0. The lowest BCUT2D eigenvalue weighted by molar-refractivity contribution is 0.306. The molecule has 2 rings (SSSR count). The number of oxime groups is 1. The van der Waals surface area contributed by atoms with Gasteiger partial charge in [0.1, 0.15) is 12.4 Å². The molecule has 0 saturated carbocycles. The van der Waals surface area contributed by atoms with Gasteiger partial charge >= 0.3 is 0 Å². The third kappa shape index (κ3) is 2.94. The van der Waals surface area contributed by atoms with Crippen molar-refractivity contribution in [1.29, 1.82) is 0 Å². The predicted molar refractivity (Wildman–Crippen MR) is 72.6 cm³/mol. The van der Waals surface area contributed by atoms with Crippen LogP contribution in [0.3, 0.4) is 0 Å². The third-order valence-corrected chi connectivity index (χ3v) is 3.47. The van der Waals surface area contributed by atoms with E-state index in [0.717, 1.165) is 9.21 Å². The minimum absolute atomic E-state index is 0.0230. The van der Waals surface area contributed by atoms with Crippen molar-refractivity contribution in [3.63, 3.8) is 0 Å². The van der Waals surface area contributed by atoms with Crippen LogP contribution in [0, 0.1) is 0 Å². The number of nitrogens with two attached hydrogens (primary N) is 1. The number of ether oxygens (including phenoxy) is 1. The van der Waals surface area contributed by atoms with E-state index in [0.29, 0.717) is 17.9 Å². The second-order valence-electron chi connectivity index (χ2n) is 3.48. The number of halogens is 1. The van der Waals surface area contributed by atoms with Gasteiger partial charge in [-0.3, -0.25) is 0 Å². The number of amidine groups is 1. The fourth-order valence-corrected chi connectivity index (χ4v) is 2.44. The summed E-state index contributed by atoms with van der Waals surface area (Å²) in [7, 11) is 0. The minimum Gasteiger partial charge on any atom is -0.487 e. The maximum absolute atomic E-state index is 8.69. The summed E-state index contributed by atoms with van der Waals surface area (Å²) < 4.78 is 6.36. The Kier molecular flexibility index (Phi) is 4.07. The molecule has 0 fully saturated rings. The van der Waals surface area contributed by atoms with Crippen LogP contribution in [0.25, 0.3) is 0 Å². The molecule has 0 spiro atoms. The number of hydrogen-bond acceptors (Lipinski definition) is 4. The Hall–Kier alpha value is -1.72. The van der Waals surface area contributed by atoms with Crippen LogP contribution >= 0.6 is 22.9 Å². The Morgan fingerprint density at radius 1 is 1.33 bits per heavy atom. The van der Waals surface area contributed by atoms with Crippen molar-refractivity contribution in [1.82, 2.24) is 0 Å². The lowest BCUT2D eigenvalue weighted by Gasteiger charge is -2.09. The fraction of sp³-hybridized carbons (Fsp3) is 0.0833. The molecule has 0 aliphatic rings. The number of hydrogen-bond donors (Lipinski definition) is 2. The Balaban J connectivity index is 2.14. The van der Waals surface area contributed by atoms with Gasteiger partial charge in [0, 0.05) is 4.88 Å². The van der Waals surface area contributed by atoms with Crippen LogP contribution in [0.2, 0.25) is 4.34 Å². The molecule has 94 valence electrons. The van der Waals surface area contributed by atoms with Crippen LogP contribution in [0.4, 0.5) is 0 Å². The van der Waals surface area contributed by atoms with Gasteiger partial charge < -0.3 is 15.7 Å². The summed E-state index contributed by atoms with van der Waals surface area (Å²) in [4.78, 5) is 1.01. The molecule has 0 radical (unpaired) electrons. The lowest BCUT2D eigenvalue weighted by Crippen LogP contribution is -2.14. The highest BCUT2D eigenvalue weighted by molar-refractivity contribution is 7.16. The molecule has 2 aromatic rings. The van der Waals surface area contributed by atoms with Crippen LogP contribution in [0.5, 0.6) is 5.75 Å². The number of rotatable bonds is 4. The molecular formula is C12H11ClN2O2S. The molecule has 1 aromatic heterocycles. The molecule has 0 unspecified atom stereocenters. The van der Waals surface area contributed by atoms with Gasteiger partial charge in [0.2, 0.25) is 0 Å². The average Bonchev–Trinajstić information content (AvgIpc) is 2.81. The van der Waals surface area contributed by atoms with Crippen molar-refractivity contribution in [3.8, 4) is 5.75 Å². The summed E-state index contributed by atoms with van der Waals surface area (Å²) in [5.74, 6) is 0.590. The second kappa shape index (κ2) is 5.75. The molecule has 18 heavy (non-hydrogen) atoms. The minimum atomic E-state index is 0.0230. The third-order valence-electron chi connectivity index (χ3n) is 2.27. The summed E-state index contributed by atoms with van der Waals surface area (Å²) >= 11 is 7.29. The predicted octanol–water partition coefficient (Wildman–Crippen LogP) is 3.08. The van der Waals surface area contributed by atoms with E-state index in [1.54, 1.807) is 18.2 Å². The fourth-order valence-electron chi connectivity index (χ4n) is 1.44. The smallest absolute Gasteiger partial charge is 0.173 e. The SMILES string of the molecule is N/C(=N\O)c1ccccc1OCc1ccc(Cl)s1. The van der Waals surface area contributed by atoms with Gasteiger partial charge in [-0.05, 0) is 24.3 Å². The van der Waals surface area contributed by atoms with E-state index in [-0.39, 0.29) is 5.84 Å². The highest BCUT2D eigenvalue weighted by Crippen LogP contribution is 2.24. The van der Waals surface area contributed by atoms with E-state index >= 15 is 0 Å². The molecule has 4 nitrogen and oxygen atoms in total. The van der Waals surface area contributed by atoms with E-state index in [4.69, 9.17) is 27.3 Å². The van der Waals surface area contributed by atoms with Crippen molar-refractivity contribution in [2.24, 2.45) is 10.9 Å². The topological polar surface area (TPSA) is 67.8 Å². The monoisotopic (exact) mass is 282 g/mol. The molecule has 0 atom stereocenters. The highest BCUT2D eigenvalue weighted by Gasteiger charge is 2.08. The molecule has 0 amide bonds. The van der Waals surface area contributed by atoms with Crippen LogP contribution in [0.15, 0.2) is 41.6 Å². The van der Waals surface area contributed by atoms with Gasteiger partial charge in [0.25, 0.3) is 0 Å². The first kappa shape index (κ1) is 12.7. The quantitative estimate of drug-likeness (QED) is 0.392. The Morgan fingerprint density at radius 2 is 2.11 bits per heavy atom. The first-order valence-corrected chi connectivity index (χ1v) is 6.34. The van der Waals surface area contributed by atoms with Crippen molar-refractivity contribution in [2.45, 2.75) is 6.61 Å². The summed E-state index contributed by atoms with van der Waals surface area (Å²) in [6, 6.07) is 10.8. The van der Waals surface area contributed by atoms with Gasteiger partial charge in [0.05, 0.1) is 9.90 Å². The Morgan fingerprint density at radius 3 is 2.78 bits per heavy atom. The molecule has 0 aliphatic carbocycles. The normalized spacial score (nSPS) is 11.5. The van der Waals surface area contributed by atoms with E-state index in [2.05, 4.69) is 5.16 Å². The molecule has 1 heterocycles. The van der Waals surface area contributed by atoms with E-state index in [1.807, 2.05) is 18.2 Å². The zero-order valence-electron chi connectivity index (χ0n) is 9.34. The average molecular weight is 283 g/mol. The highest BCUT2D eigenvalue weighted by atomic mass is 35.5. The summed E-state index contributed by atoms with van der Waals surface area (Å²) in [6.45, 7) is 0.396. The molecule has 0 bridgehead atoms. The van der Waals surface area contributed by atoms with Gasteiger partial charge in [-0.15, -0.1) is 11.3 Å². The molecule has 3 N–H and O–H groups in total. The van der Waals surface area contributed by atoms with E-state index in [1.165, 1.54) is 11.3 Å². The summed E-state index contributed by atoms with van der Waals surface area (Å²) in [6.07, 6.45) is 0. The standard InChI is InChI=1S/C12H11ClN2O2S/c13-11-6-5-8(18-11)7-17-10-4-2-1-3-9(10)12(14)15-16/h1-6,16H,7H2,(H2,14,15). The van der Waals surface area contributed by atoms with Gasteiger partial charge in [-0.25, -0.2) is 0 Å². The van der Waals surface area contributed by atoms with E-state index < -0.39 is 0 Å². The van der Waals surface area contributed by atoms with Crippen molar-refractivity contribution in [2.75, 3.05) is 0 Å². The molecule has 6 heteroatoms. The molecule has 1 aromatic carbocycles. The molecule has 0 saturated heterocycles. The van der Waals surface area contributed by atoms with Crippen molar-refractivity contribution >= 4 is 28.8 Å². The maximum atomic E-state index is 8.69. The van der Waals surface area contributed by atoms with Crippen LogP contribution in [-0.2, 0) is 6.61 Å². The lowest BCUT2D eigenvalue weighted by atomic mass is 10.2. The molecule has 0 aliphatic heterocycles. The zero-order valence-corrected chi connectivity index (χ0v) is 10.9. The van der Waals surface area contributed by atoms with Crippen molar-refractivity contribution in [3.05, 3.63) is 51.2 Å². The number of benzene rings is 1. The van der Waals surface area contributed by atoms with Gasteiger partial charge in [-0.2, -0.15) is 0 Å². The summed E-state index contributed by atoms with van der Waals surface area (Å²) in [5, 5.41) is 11.7.